The van der Waals surface area contributed by atoms with Gasteiger partial charge in [-0.15, -0.1) is 0 Å². The van der Waals surface area contributed by atoms with Gasteiger partial charge in [-0.3, -0.25) is 0 Å². The molecule has 52 valence electrons. The van der Waals surface area contributed by atoms with Crippen molar-refractivity contribution >= 4 is 27.6 Å². The first kappa shape index (κ1) is 8.25. The zero-order valence-electron chi connectivity index (χ0n) is 6.06. The summed E-state index contributed by atoms with van der Waals surface area (Å²) in [5, 5.41) is 1.28. The van der Waals surface area contributed by atoms with Crippen molar-refractivity contribution in [2.75, 3.05) is 0 Å². The van der Waals surface area contributed by atoms with Crippen LogP contribution in [0.3, 0.4) is 0 Å². The Morgan fingerprint density at radius 2 is 2.36 bits per heavy atom. The topological polar surface area (TPSA) is 28.7 Å². The molecule has 2 aromatic heterocycles. The number of hydrogen-bond acceptors (Lipinski definition) is 1. The summed E-state index contributed by atoms with van der Waals surface area (Å²) < 4.78 is 2.52. The fourth-order valence-electron chi connectivity index (χ4n) is 1.11. The Labute approximate surface area is 102 Å². The van der Waals surface area contributed by atoms with Gasteiger partial charge in [0.05, 0.1) is 0 Å². The van der Waals surface area contributed by atoms with Crippen LogP contribution in [0.15, 0.2) is 22.9 Å². The summed E-state index contributed by atoms with van der Waals surface area (Å²) >= 11 is 3.81. The summed E-state index contributed by atoms with van der Waals surface area (Å²) in [5.74, 6) is 0. The van der Waals surface area contributed by atoms with Gasteiger partial charge in [0, 0.05) is 0 Å². The fourth-order valence-corrected chi connectivity index (χ4v) is 3.60. The number of rotatable bonds is 0. The summed E-state index contributed by atoms with van der Waals surface area (Å²) in [7, 11) is 0. The van der Waals surface area contributed by atoms with E-state index in [1.165, 1.54) is 5.99 Å². The maximum absolute atomic E-state index is 4.24. The van der Waals surface area contributed by atoms with Gasteiger partial charge in [0.1, 0.15) is 0 Å². The summed E-state index contributed by atoms with van der Waals surface area (Å²) in [5.41, 5.74) is 1.01. The number of nitrogens with zero attached hydrogens (tertiary/aromatic N) is 1. The Bertz CT molecular complexity index is 396. The standard InChI is InChI=1S/C7H4BrN2.Ra.H/c8-6-3-5-1-2-9-7(5)10-4-6;;/h2-4H,(H,9,10);;. The molecule has 0 fully saturated rings. The summed E-state index contributed by atoms with van der Waals surface area (Å²) in [4.78, 5) is 7.38. The molecule has 2 rings (SSSR count). The normalized spacial score (nSPS) is 10.5. The van der Waals surface area contributed by atoms with Gasteiger partial charge in [0.2, 0.25) is 0 Å². The second-order valence-corrected chi connectivity index (χ2v) is 7.86. The first-order valence-corrected chi connectivity index (χ1v) is 8.27. The van der Waals surface area contributed by atoms with E-state index < -0.39 is 0 Å². The third kappa shape index (κ3) is 1.55. The van der Waals surface area contributed by atoms with E-state index in [1.807, 2.05) is 6.20 Å². The van der Waals surface area contributed by atoms with Crippen LogP contribution in [0, 0.1) is 42.8 Å². The predicted octanol–water partition coefficient (Wildman–Crippen LogP) is 1.23. The fraction of sp³-hybridized carbons (Fsp3) is 0. The van der Waals surface area contributed by atoms with Gasteiger partial charge in [-0.25, -0.2) is 0 Å². The van der Waals surface area contributed by atoms with Gasteiger partial charge in [-0.1, -0.05) is 0 Å². The third-order valence-corrected chi connectivity index (χ3v) is 5.54. The SMILES string of the molecule is Brc1cnc2[nH]c[c]([RaH])c2c1. The number of halogens is 1. The molecule has 0 unspecified atom stereocenters. The molecule has 0 aliphatic rings. The Hall–Kier alpha value is 0.638. The number of fused-ring (bicyclic) bond motifs is 1. The molecule has 0 amide bonds. The Morgan fingerprint density at radius 3 is 3.18 bits per heavy atom. The Morgan fingerprint density at radius 1 is 1.55 bits per heavy atom. The van der Waals surface area contributed by atoms with Crippen molar-refractivity contribution in [3.05, 3.63) is 22.9 Å². The van der Waals surface area contributed by atoms with E-state index in [0.717, 1.165) is 10.1 Å². The van der Waals surface area contributed by atoms with Crippen molar-refractivity contribution in [3.63, 3.8) is 0 Å². The molecule has 0 radical (unpaired) electrons. The van der Waals surface area contributed by atoms with Crippen LogP contribution in [0.1, 0.15) is 0 Å². The van der Waals surface area contributed by atoms with Crippen LogP contribution in [0.4, 0.5) is 0 Å². The number of aromatic amines is 1. The van der Waals surface area contributed by atoms with Crippen molar-refractivity contribution in [1.29, 1.82) is 0 Å². The second kappa shape index (κ2) is 3.18. The van der Waals surface area contributed by atoms with Gasteiger partial charge in [-0.2, -0.15) is 0 Å². The van der Waals surface area contributed by atoms with Crippen LogP contribution in [-0.4, -0.2) is 9.97 Å². The van der Waals surface area contributed by atoms with Crippen LogP contribution in [0.2, 0.25) is 0 Å². The van der Waals surface area contributed by atoms with E-state index in [-0.39, 0.29) is 0 Å². The van der Waals surface area contributed by atoms with Gasteiger partial charge >= 0.3 is 103 Å². The second-order valence-electron chi connectivity index (χ2n) is 2.52. The van der Waals surface area contributed by atoms with Crippen LogP contribution < -0.4 is 0.604 Å². The van der Waals surface area contributed by atoms with E-state index in [4.69, 9.17) is 0 Å². The van der Waals surface area contributed by atoms with E-state index in [1.54, 1.807) is 0 Å². The molecule has 0 aliphatic heterocycles. The predicted molar refractivity (Wildman–Crippen MR) is 44.8 cm³/mol. The van der Waals surface area contributed by atoms with Crippen molar-refractivity contribution in [2.24, 2.45) is 0 Å². The Balaban J connectivity index is 2.87. The summed E-state index contributed by atoms with van der Waals surface area (Å²) in [6.07, 6.45) is 3.88. The number of H-pyrrole nitrogens is 1. The van der Waals surface area contributed by atoms with Crippen molar-refractivity contribution < 1.29 is 42.8 Å². The maximum atomic E-state index is 4.24. The molecular formula is C7H5BrN2Ra. The quantitative estimate of drug-likeness (QED) is 0.679. The molecule has 0 aliphatic carbocycles. The number of hydrogen-bond donors (Lipinski definition) is 1. The average Bonchev–Trinajstić information content (AvgIpc) is 2.33. The van der Waals surface area contributed by atoms with Crippen molar-refractivity contribution in [2.45, 2.75) is 0 Å². The van der Waals surface area contributed by atoms with Gasteiger partial charge in [0.25, 0.3) is 0 Å². The number of pyridine rings is 1. The van der Waals surface area contributed by atoms with Crippen molar-refractivity contribution in [3.8, 4) is 0 Å². The molecular weight excluding hydrogens is 418 g/mol. The Kier molecular flexibility index (Phi) is 2.38. The first-order chi connectivity index (χ1) is 5.27. The van der Waals surface area contributed by atoms with E-state index >= 15 is 0 Å². The monoisotopic (exact) mass is 422 g/mol. The van der Waals surface area contributed by atoms with Crippen LogP contribution in [0.25, 0.3) is 11.0 Å². The summed E-state index contributed by atoms with van der Waals surface area (Å²) in [6.45, 7) is 0. The molecule has 0 atom stereocenters. The molecule has 0 spiro atoms. The number of aromatic nitrogens is 2. The molecule has 4 heteroatoms. The zero-order chi connectivity index (χ0) is 7.84. The third-order valence-electron chi connectivity index (χ3n) is 1.70. The van der Waals surface area contributed by atoms with Crippen LogP contribution >= 0.6 is 15.9 Å². The molecule has 0 saturated heterocycles. The summed E-state index contributed by atoms with van der Waals surface area (Å²) in [6, 6.07) is 2.12. The van der Waals surface area contributed by atoms with Crippen LogP contribution in [0.5, 0.6) is 0 Å². The minimum absolute atomic E-state index is 0.414. The van der Waals surface area contributed by atoms with E-state index in [2.05, 4.69) is 38.2 Å². The molecule has 11 heavy (non-hydrogen) atoms. The molecule has 0 aromatic carbocycles. The minimum atomic E-state index is 0.414. The average molecular weight is 423 g/mol. The van der Waals surface area contributed by atoms with Gasteiger partial charge in [0.15, 0.2) is 0 Å². The molecule has 1 N–H and O–H groups in total. The van der Waals surface area contributed by atoms with E-state index in [0.29, 0.717) is 42.8 Å². The van der Waals surface area contributed by atoms with Gasteiger partial charge in [-0.05, 0) is 0 Å². The molecule has 2 aromatic rings. The zero-order valence-corrected chi connectivity index (χ0v) is 15.9. The molecule has 0 saturated carbocycles. The van der Waals surface area contributed by atoms with Crippen LogP contribution in [-0.2, 0) is 0 Å². The molecule has 2 nitrogen and oxygen atoms in total. The van der Waals surface area contributed by atoms with Gasteiger partial charge < -0.3 is 0 Å². The first-order valence-electron chi connectivity index (χ1n) is 3.36. The van der Waals surface area contributed by atoms with Crippen molar-refractivity contribution in [1.82, 2.24) is 9.97 Å². The molecule has 0 bridgehead atoms. The van der Waals surface area contributed by atoms with E-state index in [9.17, 15) is 0 Å². The number of nitrogens with one attached hydrogen (secondary N) is 1. The molecule has 2 heterocycles.